The van der Waals surface area contributed by atoms with Crippen LogP contribution in [0.5, 0.6) is 0 Å². The SMILES string of the molecule is CC(C)(C#N)CS(=O)(=O)N1Cc2ccc(Cl)cc2[C@H](C(=O)Nc2cncc3ccccc23)C1. The molecule has 0 radical (unpaired) electrons. The number of aromatic nitrogens is 1. The third-order valence-corrected chi connectivity index (χ3v) is 8.08. The van der Waals surface area contributed by atoms with E-state index in [0.29, 0.717) is 21.8 Å². The van der Waals surface area contributed by atoms with Crippen LogP contribution >= 0.6 is 11.6 Å². The Morgan fingerprint density at radius 3 is 2.79 bits per heavy atom. The second-order valence-corrected chi connectivity index (χ2v) is 11.2. The molecule has 2 aromatic carbocycles. The van der Waals surface area contributed by atoms with Gasteiger partial charge in [-0.1, -0.05) is 41.9 Å². The maximum atomic E-state index is 13.4. The summed E-state index contributed by atoms with van der Waals surface area (Å²) in [6.45, 7) is 3.25. The van der Waals surface area contributed by atoms with Gasteiger partial charge in [0.25, 0.3) is 0 Å². The molecule has 2 heterocycles. The van der Waals surface area contributed by atoms with Crippen LogP contribution in [-0.2, 0) is 21.4 Å². The molecule has 33 heavy (non-hydrogen) atoms. The fraction of sp³-hybridized carbons (Fsp3) is 0.292. The molecule has 4 rings (SSSR count). The average Bonchev–Trinajstić information content (AvgIpc) is 2.78. The van der Waals surface area contributed by atoms with E-state index in [-0.39, 0.29) is 24.7 Å². The number of anilines is 1. The van der Waals surface area contributed by atoms with Gasteiger partial charge in [0.15, 0.2) is 0 Å². The minimum atomic E-state index is -3.79. The van der Waals surface area contributed by atoms with Crippen LogP contribution in [0.25, 0.3) is 10.8 Å². The van der Waals surface area contributed by atoms with Gasteiger partial charge in [0, 0.05) is 35.1 Å². The van der Waals surface area contributed by atoms with Crippen LogP contribution in [0.1, 0.15) is 30.9 Å². The molecule has 170 valence electrons. The molecule has 0 fully saturated rings. The lowest BCUT2D eigenvalue weighted by Gasteiger charge is -2.34. The molecule has 1 atom stereocenters. The minimum Gasteiger partial charge on any atom is -0.324 e. The lowest BCUT2D eigenvalue weighted by Crippen LogP contribution is -2.44. The number of sulfonamides is 1. The van der Waals surface area contributed by atoms with Crippen LogP contribution in [0, 0.1) is 16.7 Å². The van der Waals surface area contributed by atoms with Crippen LogP contribution < -0.4 is 5.32 Å². The van der Waals surface area contributed by atoms with E-state index in [0.717, 1.165) is 10.8 Å². The molecule has 0 saturated carbocycles. The van der Waals surface area contributed by atoms with Crippen molar-refractivity contribution in [1.29, 1.82) is 5.26 Å². The normalized spacial score (nSPS) is 16.7. The maximum absolute atomic E-state index is 13.4. The predicted octanol–water partition coefficient (Wildman–Crippen LogP) is 4.31. The molecule has 0 unspecified atom stereocenters. The van der Waals surface area contributed by atoms with Crippen molar-refractivity contribution in [1.82, 2.24) is 9.29 Å². The van der Waals surface area contributed by atoms with Crippen LogP contribution in [0.4, 0.5) is 5.69 Å². The van der Waals surface area contributed by atoms with Gasteiger partial charge in [-0.25, -0.2) is 8.42 Å². The Hall–Kier alpha value is -2.99. The van der Waals surface area contributed by atoms with Crippen LogP contribution in [0.15, 0.2) is 54.9 Å². The third kappa shape index (κ3) is 4.86. The summed E-state index contributed by atoms with van der Waals surface area (Å²) in [5.74, 6) is -1.46. The predicted molar refractivity (Wildman–Crippen MR) is 128 cm³/mol. The average molecular weight is 483 g/mol. The Bertz CT molecular complexity index is 1380. The Balaban J connectivity index is 1.69. The van der Waals surface area contributed by atoms with Gasteiger partial charge in [0.1, 0.15) is 0 Å². The number of pyridine rings is 1. The fourth-order valence-corrected chi connectivity index (χ4v) is 6.09. The quantitative estimate of drug-likeness (QED) is 0.583. The van der Waals surface area contributed by atoms with Crippen molar-refractivity contribution in [3.05, 3.63) is 71.0 Å². The summed E-state index contributed by atoms with van der Waals surface area (Å²) >= 11 is 6.21. The van der Waals surface area contributed by atoms with Gasteiger partial charge in [-0.3, -0.25) is 9.78 Å². The van der Waals surface area contributed by atoms with Crippen LogP contribution in [0.2, 0.25) is 5.02 Å². The molecular weight excluding hydrogens is 460 g/mol. The summed E-state index contributed by atoms with van der Waals surface area (Å²) in [5, 5.41) is 14.4. The van der Waals surface area contributed by atoms with Crippen molar-refractivity contribution < 1.29 is 13.2 Å². The number of rotatable bonds is 5. The van der Waals surface area contributed by atoms with Gasteiger partial charge in [-0.15, -0.1) is 0 Å². The standard InChI is InChI=1S/C24H23ClN4O3S/c1-24(2,14-26)15-33(31,32)29-12-17-7-8-18(25)9-20(17)21(13-29)23(30)28-22-11-27-10-16-5-3-4-6-19(16)22/h3-11,21H,12-13,15H2,1-2H3,(H,28,30)/t21-/m1/s1. The fourth-order valence-electron chi connectivity index (χ4n) is 4.04. The lowest BCUT2D eigenvalue weighted by molar-refractivity contribution is -0.118. The highest BCUT2D eigenvalue weighted by atomic mass is 35.5. The zero-order chi connectivity index (χ0) is 23.8. The Morgan fingerprint density at radius 2 is 2.03 bits per heavy atom. The first-order valence-corrected chi connectivity index (χ1v) is 12.4. The summed E-state index contributed by atoms with van der Waals surface area (Å²) in [6, 6.07) is 14.7. The van der Waals surface area contributed by atoms with Crippen molar-refractivity contribution in [2.24, 2.45) is 5.41 Å². The van der Waals surface area contributed by atoms with E-state index in [1.54, 1.807) is 44.4 Å². The summed E-state index contributed by atoms with van der Waals surface area (Å²) in [7, 11) is -3.79. The number of nitrogens with zero attached hydrogens (tertiary/aromatic N) is 3. The van der Waals surface area contributed by atoms with Crippen molar-refractivity contribution >= 4 is 44.0 Å². The van der Waals surface area contributed by atoms with Crippen LogP contribution in [-0.4, -0.2) is 35.9 Å². The summed E-state index contributed by atoms with van der Waals surface area (Å²) < 4.78 is 27.6. The number of benzene rings is 2. The molecule has 0 spiro atoms. The van der Waals surface area contributed by atoms with Crippen molar-refractivity contribution in [2.45, 2.75) is 26.3 Å². The molecule has 0 bridgehead atoms. The first-order valence-electron chi connectivity index (χ1n) is 10.4. The second kappa shape index (κ2) is 8.75. The highest BCUT2D eigenvalue weighted by Gasteiger charge is 2.38. The topological polar surface area (TPSA) is 103 Å². The molecular formula is C24H23ClN4O3S. The Labute approximate surface area is 198 Å². The van der Waals surface area contributed by atoms with Gasteiger partial charge in [-0.2, -0.15) is 9.57 Å². The number of nitrogens with one attached hydrogen (secondary N) is 1. The highest BCUT2D eigenvalue weighted by molar-refractivity contribution is 7.89. The van der Waals surface area contributed by atoms with E-state index in [9.17, 15) is 18.5 Å². The van der Waals surface area contributed by atoms with Gasteiger partial charge >= 0.3 is 0 Å². The Kier molecular flexibility index (Phi) is 6.14. The lowest BCUT2D eigenvalue weighted by atomic mass is 9.90. The summed E-state index contributed by atoms with van der Waals surface area (Å²) in [5.41, 5.74) is 0.900. The van der Waals surface area contributed by atoms with E-state index in [1.165, 1.54) is 4.31 Å². The monoisotopic (exact) mass is 482 g/mol. The summed E-state index contributed by atoms with van der Waals surface area (Å²) in [6.07, 6.45) is 3.29. The minimum absolute atomic E-state index is 0.0405. The van der Waals surface area contributed by atoms with E-state index in [2.05, 4.69) is 10.3 Å². The number of nitriles is 1. The van der Waals surface area contributed by atoms with Crippen molar-refractivity contribution in [2.75, 3.05) is 17.6 Å². The molecule has 1 amide bonds. The first-order chi connectivity index (χ1) is 15.6. The van der Waals surface area contributed by atoms with Gasteiger partial charge in [0.05, 0.1) is 35.0 Å². The summed E-state index contributed by atoms with van der Waals surface area (Å²) in [4.78, 5) is 17.6. The molecule has 3 aromatic rings. The molecule has 1 aliphatic rings. The number of carbonyl (C=O) groups excluding carboxylic acids is 1. The van der Waals surface area contributed by atoms with E-state index in [1.807, 2.05) is 30.3 Å². The van der Waals surface area contributed by atoms with Crippen molar-refractivity contribution in [3.63, 3.8) is 0 Å². The van der Waals surface area contributed by atoms with Gasteiger partial charge < -0.3 is 5.32 Å². The molecule has 1 aromatic heterocycles. The molecule has 0 aliphatic carbocycles. The second-order valence-electron chi connectivity index (χ2n) is 8.84. The zero-order valence-corrected chi connectivity index (χ0v) is 19.8. The molecule has 7 nitrogen and oxygen atoms in total. The van der Waals surface area contributed by atoms with E-state index < -0.39 is 21.4 Å². The van der Waals surface area contributed by atoms with Crippen molar-refractivity contribution in [3.8, 4) is 6.07 Å². The molecule has 1 aliphatic heterocycles. The van der Waals surface area contributed by atoms with Gasteiger partial charge in [0.2, 0.25) is 15.9 Å². The number of amides is 1. The van der Waals surface area contributed by atoms with E-state index in [4.69, 9.17) is 11.6 Å². The zero-order valence-electron chi connectivity index (χ0n) is 18.2. The largest absolute Gasteiger partial charge is 0.324 e. The number of carbonyl (C=O) groups is 1. The number of hydrogen-bond donors (Lipinski definition) is 1. The molecule has 0 saturated heterocycles. The highest BCUT2D eigenvalue weighted by Crippen LogP contribution is 2.34. The third-order valence-electron chi connectivity index (χ3n) is 5.70. The number of fused-ring (bicyclic) bond motifs is 2. The molecule has 9 heteroatoms. The number of halogens is 1. The molecule has 1 N–H and O–H groups in total. The smallest absolute Gasteiger partial charge is 0.233 e. The maximum Gasteiger partial charge on any atom is 0.233 e. The van der Waals surface area contributed by atoms with Crippen LogP contribution in [0.3, 0.4) is 0 Å². The van der Waals surface area contributed by atoms with E-state index >= 15 is 0 Å². The van der Waals surface area contributed by atoms with Gasteiger partial charge in [-0.05, 0) is 37.1 Å². The first kappa shape index (κ1) is 23.2. The Morgan fingerprint density at radius 1 is 1.27 bits per heavy atom. The number of hydrogen-bond acceptors (Lipinski definition) is 5.